The van der Waals surface area contributed by atoms with Crippen LogP contribution in [-0.4, -0.2) is 58.3 Å². The molecular weight excluding hydrogens is 266 g/mol. The summed E-state index contributed by atoms with van der Waals surface area (Å²) >= 11 is 0. The Morgan fingerprint density at radius 3 is 1.80 bits per heavy atom. The van der Waals surface area contributed by atoms with Crippen LogP contribution >= 0.6 is 0 Å². The fourth-order valence-electron chi connectivity index (χ4n) is 3.32. The number of likely N-dealkylation sites (tertiary alicyclic amines) is 1. The highest BCUT2D eigenvalue weighted by Crippen LogP contribution is 2.40. The quantitative estimate of drug-likeness (QED) is 0.637. The van der Waals surface area contributed by atoms with E-state index in [1.807, 2.05) is 0 Å². The number of carboxylic acid groups (broad SMARTS) is 3. The fraction of sp³-hybridized carbons (Fsp3) is 0.769. The molecule has 114 valence electrons. The maximum Gasteiger partial charge on any atom is 0.414 e. The molecule has 7 nitrogen and oxygen atoms in total. The van der Waals surface area contributed by atoms with Gasteiger partial charge in [-0.25, -0.2) is 9.59 Å². The number of piperidine rings is 1. The van der Waals surface area contributed by atoms with Gasteiger partial charge in [0.05, 0.1) is 0 Å². The lowest BCUT2D eigenvalue weighted by Gasteiger charge is -2.46. The Balaban J connectivity index is 0.000000286. The largest absolute Gasteiger partial charge is 0.481 e. The summed E-state index contributed by atoms with van der Waals surface area (Å²) in [5, 5.41) is 23.7. The molecule has 2 rings (SSSR count). The van der Waals surface area contributed by atoms with Gasteiger partial charge < -0.3 is 20.2 Å². The molecule has 2 bridgehead atoms. The number of carbonyl (C=O) groups is 3. The average molecular weight is 287 g/mol. The lowest BCUT2D eigenvalue weighted by atomic mass is 9.68. The highest BCUT2D eigenvalue weighted by molar-refractivity contribution is 6.27. The van der Waals surface area contributed by atoms with Gasteiger partial charge in [0.15, 0.2) is 0 Å². The second-order valence-corrected chi connectivity index (χ2v) is 5.54. The van der Waals surface area contributed by atoms with E-state index in [9.17, 15) is 4.79 Å². The van der Waals surface area contributed by atoms with E-state index in [0.717, 1.165) is 13.1 Å². The molecule has 1 aliphatic heterocycles. The van der Waals surface area contributed by atoms with Gasteiger partial charge in [-0.2, -0.15) is 0 Å². The van der Waals surface area contributed by atoms with Crippen molar-refractivity contribution in [2.45, 2.75) is 25.7 Å². The lowest BCUT2D eigenvalue weighted by Crippen LogP contribution is -2.47. The highest BCUT2D eigenvalue weighted by atomic mass is 16.4. The van der Waals surface area contributed by atoms with Crippen LogP contribution in [0.2, 0.25) is 0 Å². The van der Waals surface area contributed by atoms with E-state index in [1.165, 1.54) is 19.3 Å². The van der Waals surface area contributed by atoms with Gasteiger partial charge in [-0.05, 0) is 37.6 Å². The van der Waals surface area contributed by atoms with E-state index in [4.69, 9.17) is 24.9 Å². The Labute approximate surface area is 117 Å². The summed E-state index contributed by atoms with van der Waals surface area (Å²) in [5.74, 6) is -2.52. The summed E-state index contributed by atoms with van der Waals surface area (Å²) in [5.41, 5.74) is 0. The standard InChI is InChI=1S/C11H19NO2.C2H2O4/c1-12-6-8-3-2-4-9(7-12)10(8)5-11(13)14;3-1(4)2(5)6/h8-10H,2-7H2,1H3,(H,13,14);(H,3,4)(H,5,6). The minimum atomic E-state index is -1.82. The molecule has 2 fully saturated rings. The molecule has 2 aliphatic rings. The third kappa shape index (κ3) is 4.80. The monoisotopic (exact) mass is 287 g/mol. The second-order valence-electron chi connectivity index (χ2n) is 5.54. The van der Waals surface area contributed by atoms with Crippen LogP contribution in [0.25, 0.3) is 0 Å². The zero-order valence-corrected chi connectivity index (χ0v) is 11.5. The number of hydrogen-bond donors (Lipinski definition) is 3. The van der Waals surface area contributed by atoms with Crippen molar-refractivity contribution in [3.05, 3.63) is 0 Å². The van der Waals surface area contributed by atoms with E-state index in [0.29, 0.717) is 24.2 Å². The van der Waals surface area contributed by atoms with Gasteiger partial charge in [0.25, 0.3) is 0 Å². The van der Waals surface area contributed by atoms with Gasteiger partial charge in [0, 0.05) is 19.5 Å². The zero-order valence-electron chi connectivity index (χ0n) is 11.5. The lowest BCUT2D eigenvalue weighted by molar-refractivity contribution is -0.159. The molecule has 0 radical (unpaired) electrons. The van der Waals surface area contributed by atoms with E-state index in [-0.39, 0.29) is 0 Å². The van der Waals surface area contributed by atoms with Crippen LogP contribution in [0.1, 0.15) is 25.7 Å². The predicted octanol–water partition coefficient (Wildman–Crippen LogP) is 0.595. The number of fused-ring (bicyclic) bond motifs is 2. The molecule has 0 aromatic rings. The van der Waals surface area contributed by atoms with Crippen LogP contribution in [0.3, 0.4) is 0 Å². The van der Waals surface area contributed by atoms with Crippen molar-refractivity contribution in [3.63, 3.8) is 0 Å². The summed E-state index contributed by atoms with van der Waals surface area (Å²) in [6.07, 6.45) is 4.17. The van der Waals surface area contributed by atoms with Crippen LogP contribution in [0.15, 0.2) is 0 Å². The minimum absolute atomic E-state index is 0.392. The number of rotatable bonds is 2. The van der Waals surface area contributed by atoms with Gasteiger partial charge in [-0.3, -0.25) is 4.79 Å². The third-order valence-corrected chi connectivity index (χ3v) is 4.05. The zero-order chi connectivity index (χ0) is 15.3. The van der Waals surface area contributed by atoms with Crippen molar-refractivity contribution < 1.29 is 29.7 Å². The van der Waals surface area contributed by atoms with E-state index < -0.39 is 17.9 Å². The summed E-state index contributed by atoms with van der Waals surface area (Å²) in [4.78, 5) is 31.3. The highest BCUT2D eigenvalue weighted by Gasteiger charge is 2.39. The summed E-state index contributed by atoms with van der Waals surface area (Å²) in [6, 6.07) is 0. The maximum absolute atomic E-state index is 10.8. The SMILES string of the molecule is CN1CC2CCCC(C1)C2CC(=O)O.O=C(O)C(=O)O. The van der Waals surface area contributed by atoms with E-state index >= 15 is 0 Å². The number of hydrogen-bond acceptors (Lipinski definition) is 4. The van der Waals surface area contributed by atoms with Crippen LogP contribution in [0.4, 0.5) is 0 Å². The second kappa shape index (κ2) is 7.23. The molecule has 7 heteroatoms. The molecule has 1 saturated heterocycles. The molecule has 1 aliphatic carbocycles. The molecule has 0 aromatic carbocycles. The van der Waals surface area contributed by atoms with Crippen molar-refractivity contribution in [2.24, 2.45) is 17.8 Å². The van der Waals surface area contributed by atoms with Gasteiger partial charge in [-0.15, -0.1) is 0 Å². The first-order valence-electron chi connectivity index (χ1n) is 6.67. The number of nitrogens with zero attached hydrogens (tertiary/aromatic N) is 1. The van der Waals surface area contributed by atoms with Gasteiger partial charge in [0.2, 0.25) is 0 Å². The Hall–Kier alpha value is -1.63. The average Bonchev–Trinajstić information content (AvgIpc) is 2.30. The predicted molar refractivity (Wildman–Crippen MR) is 69.3 cm³/mol. The van der Waals surface area contributed by atoms with Gasteiger partial charge in [0.1, 0.15) is 0 Å². The summed E-state index contributed by atoms with van der Waals surface area (Å²) in [6.45, 7) is 2.21. The Morgan fingerprint density at radius 1 is 1.00 bits per heavy atom. The topological polar surface area (TPSA) is 115 Å². The van der Waals surface area contributed by atoms with Crippen LogP contribution in [-0.2, 0) is 14.4 Å². The van der Waals surface area contributed by atoms with Crippen molar-refractivity contribution in [3.8, 4) is 0 Å². The van der Waals surface area contributed by atoms with Crippen LogP contribution < -0.4 is 0 Å². The summed E-state index contributed by atoms with van der Waals surface area (Å²) < 4.78 is 0. The molecule has 0 aromatic heterocycles. The van der Waals surface area contributed by atoms with Crippen LogP contribution in [0, 0.1) is 17.8 Å². The maximum atomic E-state index is 10.8. The molecule has 2 atom stereocenters. The first-order chi connectivity index (χ1) is 9.31. The normalized spacial score (nSPS) is 28.9. The molecule has 20 heavy (non-hydrogen) atoms. The molecule has 2 unspecified atom stereocenters. The third-order valence-electron chi connectivity index (χ3n) is 4.05. The molecule has 0 spiro atoms. The van der Waals surface area contributed by atoms with Gasteiger partial charge >= 0.3 is 17.9 Å². The molecule has 0 amide bonds. The number of aliphatic carboxylic acids is 3. The van der Waals surface area contributed by atoms with Gasteiger partial charge in [-0.1, -0.05) is 6.42 Å². The van der Waals surface area contributed by atoms with Crippen molar-refractivity contribution >= 4 is 17.9 Å². The first kappa shape index (κ1) is 16.4. The Bertz CT molecular complexity index is 357. The molecule has 3 N–H and O–H groups in total. The Morgan fingerprint density at radius 2 is 1.45 bits per heavy atom. The molecule has 1 heterocycles. The minimum Gasteiger partial charge on any atom is -0.481 e. The van der Waals surface area contributed by atoms with Crippen molar-refractivity contribution in [1.82, 2.24) is 4.90 Å². The first-order valence-corrected chi connectivity index (χ1v) is 6.67. The van der Waals surface area contributed by atoms with Crippen molar-refractivity contribution in [2.75, 3.05) is 20.1 Å². The van der Waals surface area contributed by atoms with E-state index in [1.54, 1.807) is 0 Å². The molecule has 1 saturated carbocycles. The Kier molecular flexibility index (Phi) is 5.94. The smallest absolute Gasteiger partial charge is 0.414 e. The molecular formula is C13H21NO6. The number of carboxylic acids is 3. The van der Waals surface area contributed by atoms with Crippen molar-refractivity contribution in [1.29, 1.82) is 0 Å². The summed E-state index contributed by atoms with van der Waals surface area (Å²) in [7, 11) is 2.16. The van der Waals surface area contributed by atoms with Crippen LogP contribution in [0.5, 0.6) is 0 Å². The van der Waals surface area contributed by atoms with E-state index in [2.05, 4.69) is 11.9 Å². The fourth-order valence-corrected chi connectivity index (χ4v) is 3.32.